The molecule has 0 bridgehead atoms. The van der Waals surface area contributed by atoms with Crippen LogP contribution in [0.5, 0.6) is 0 Å². The number of halogens is 4. The fourth-order valence-corrected chi connectivity index (χ4v) is 4.32. The average Bonchev–Trinajstić information content (AvgIpc) is 2.79. The van der Waals surface area contributed by atoms with Crippen molar-refractivity contribution in [1.82, 2.24) is 0 Å². The van der Waals surface area contributed by atoms with Gasteiger partial charge in [0.25, 0.3) is 0 Å². The van der Waals surface area contributed by atoms with Gasteiger partial charge in [0.2, 0.25) is 0 Å². The normalized spacial score (nSPS) is 15.1. The molecule has 0 aliphatic heterocycles. The van der Waals surface area contributed by atoms with E-state index in [0.717, 1.165) is 42.5 Å². The molecule has 0 N–H and O–H groups in total. The Morgan fingerprint density at radius 2 is 1.72 bits per heavy atom. The summed E-state index contributed by atoms with van der Waals surface area (Å²) >= 11 is 0. The summed E-state index contributed by atoms with van der Waals surface area (Å²) in [5.74, 6) is 2.94. The maximum absolute atomic E-state index is 15.1. The van der Waals surface area contributed by atoms with Gasteiger partial charge < -0.3 is 0 Å². The summed E-state index contributed by atoms with van der Waals surface area (Å²) in [6, 6.07) is 12.3. The van der Waals surface area contributed by atoms with Crippen molar-refractivity contribution in [2.75, 3.05) is 0 Å². The second-order valence-electron chi connectivity index (χ2n) is 8.34. The fraction of sp³-hybridized carbons (Fsp3) is 0.286. The summed E-state index contributed by atoms with van der Waals surface area (Å²) in [7, 11) is 0. The van der Waals surface area contributed by atoms with Gasteiger partial charge in [0.1, 0.15) is 11.6 Å². The highest BCUT2D eigenvalue weighted by Crippen LogP contribution is 2.36. The van der Waals surface area contributed by atoms with Crippen LogP contribution in [0.3, 0.4) is 0 Å². The van der Waals surface area contributed by atoms with Crippen LogP contribution in [0.2, 0.25) is 0 Å². The predicted octanol–water partition coefficient (Wildman–Crippen LogP) is 7.26. The van der Waals surface area contributed by atoms with Crippen LogP contribution < -0.4 is 0 Å². The average molecular weight is 436 g/mol. The number of hydrogen-bond acceptors (Lipinski definition) is 0. The number of aryl methyl sites for hydroxylation is 1. The van der Waals surface area contributed by atoms with Gasteiger partial charge in [0.15, 0.2) is 11.6 Å². The third-order valence-corrected chi connectivity index (χ3v) is 6.13. The summed E-state index contributed by atoms with van der Waals surface area (Å²) in [5.41, 5.74) is 3.68. The van der Waals surface area contributed by atoms with Crippen molar-refractivity contribution >= 4 is 0 Å². The van der Waals surface area contributed by atoms with Crippen molar-refractivity contribution < 1.29 is 17.6 Å². The van der Waals surface area contributed by atoms with Crippen LogP contribution in [0.4, 0.5) is 17.6 Å². The van der Waals surface area contributed by atoms with E-state index in [2.05, 4.69) is 18.8 Å². The van der Waals surface area contributed by atoms with Gasteiger partial charge >= 0.3 is 0 Å². The molecule has 3 aromatic carbocycles. The molecule has 1 unspecified atom stereocenters. The first-order valence-electron chi connectivity index (χ1n) is 11.0. The monoisotopic (exact) mass is 436 g/mol. The standard InChI is InChI=1S/C28H24F4/c1-2-3-4-18-6-12-23(26(30)15-18)21-11-13-24-22(17-21)10-9-20(28(24)32)8-5-19-7-14-25(29)27(31)16-19/h6-7,9-10,12,14-16,21H,2-4,11,13,17H2,1H3. The molecule has 0 spiro atoms. The topological polar surface area (TPSA) is 0 Å². The molecular formula is C28H24F4. The van der Waals surface area contributed by atoms with Gasteiger partial charge in [-0.05, 0) is 90.6 Å². The molecule has 3 aromatic rings. The van der Waals surface area contributed by atoms with E-state index >= 15 is 4.39 Å². The first kappa shape index (κ1) is 22.1. The second kappa shape index (κ2) is 9.61. The molecule has 0 amide bonds. The second-order valence-corrected chi connectivity index (χ2v) is 8.34. The van der Waals surface area contributed by atoms with Crippen molar-refractivity contribution in [3.05, 3.63) is 105 Å². The molecule has 4 heteroatoms. The van der Waals surface area contributed by atoms with E-state index in [1.807, 2.05) is 18.2 Å². The molecule has 1 atom stereocenters. The molecule has 0 saturated carbocycles. The zero-order valence-corrected chi connectivity index (χ0v) is 18.0. The van der Waals surface area contributed by atoms with Crippen LogP contribution in [0.25, 0.3) is 0 Å². The van der Waals surface area contributed by atoms with Crippen molar-refractivity contribution in [1.29, 1.82) is 0 Å². The Hall–Kier alpha value is -3.06. The number of hydrogen-bond donors (Lipinski definition) is 0. The van der Waals surface area contributed by atoms with Crippen molar-refractivity contribution in [3.63, 3.8) is 0 Å². The van der Waals surface area contributed by atoms with E-state index in [4.69, 9.17) is 0 Å². The third-order valence-electron chi connectivity index (χ3n) is 6.13. The Labute approximate surface area is 186 Å². The first-order chi connectivity index (χ1) is 15.5. The van der Waals surface area contributed by atoms with Gasteiger partial charge in [-0.15, -0.1) is 0 Å². The van der Waals surface area contributed by atoms with Crippen LogP contribution in [0.1, 0.15) is 65.5 Å². The van der Waals surface area contributed by atoms with Crippen LogP contribution in [-0.4, -0.2) is 0 Å². The molecule has 0 aromatic heterocycles. The van der Waals surface area contributed by atoms with Gasteiger partial charge in [-0.2, -0.15) is 0 Å². The Bertz CT molecular complexity index is 1200. The van der Waals surface area contributed by atoms with Crippen LogP contribution in [-0.2, 0) is 19.3 Å². The van der Waals surface area contributed by atoms with Gasteiger partial charge in [0, 0.05) is 5.56 Å². The largest absolute Gasteiger partial charge is 0.207 e. The lowest BCUT2D eigenvalue weighted by molar-refractivity contribution is 0.508. The van der Waals surface area contributed by atoms with Crippen molar-refractivity contribution in [2.24, 2.45) is 0 Å². The molecule has 164 valence electrons. The third kappa shape index (κ3) is 4.72. The van der Waals surface area contributed by atoms with Crippen LogP contribution in [0.15, 0.2) is 48.5 Å². The highest BCUT2D eigenvalue weighted by Gasteiger charge is 2.25. The highest BCUT2D eigenvalue weighted by atomic mass is 19.2. The Balaban J connectivity index is 1.54. The summed E-state index contributed by atoms with van der Waals surface area (Å²) < 4.78 is 56.2. The highest BCUT2D eigenvalue weighted by molar-refractivity contribution is 5.48. The minimum Gasteiger partial charge on any atom is -0.207 e. The van der Waals surface area contributed by atoms with Gasteiger partial charge in [-0.3, -0.25) is 0 Å². The summed E-state index contributed by atoms with van der Waals surface area (Å²) in [6.07, 6.45) is 4.73. The van der Waals surface area contributed by atoms with E-state index < -0.39 is 11.6 Å². The molecule has 0 nitrogen and oxygen atoms in total. The zero-order chi connectivity index (χ0) is 22.7. The maximum Gasteiger partial charge on any atom is 0.160 e. The molecule has 0 saturated heterocycles. The number of unbranched alkanes of at least 4 members (excludes halogenated alkanes) is 1. The van der Waals surface area contributed by atoms with Crippen LogP contribution in [0, 0.1) is 35.1 Å². The zero-order valence-electron chi connectivity index (χ0n) is 18.0. The molecule has 32 heavy (non-hydrogen) atoms. The molecule has 0 radical (unpaired) electrons. The lowest BCUT2D eigenvalue weighted by atomic mass is 9.79. The van der Waals surface area contributed by atoms with E-state index in [1.165, 1.54) is 6.07 Å². The molecule has 0 heterocycles. The van der Waals surface area contributed by atoms with Gasteiger partial charge in [-0.1, -0.05) is 43.4 Å². The summed E-state index contributed by atoms with van der Waals surface area (Å²) in [5, 5.41) is 0. The molecule has 4 rings (SSSR count). The van der Waals surface area contributed by atoms with E-state index in [9.17, 15) is 13.2 Å². The Kier molecular flexibility index (Phi) is 6.65. The maximum atomic E-state index is 15.1. The Morgan fingerprint density at radius 3 is 2.47 bits per heavy atom. The van der Waals surface area contributed by atoms with Crippen molar-refractivity contribution in [2.45, 2.75) is 51.4 Å². The number of benzene rings is 3. The molecular weight excluding hydrogens is 412 g/mol. The van der Waals surface area contributed by atoms with Crippen LogP contribution >= 0.6 is 0 Å². The molecule has 0 fully saturated rings. The summed E-state index contributed by atoms with van der Waals surface area (Å²) in [4.78, 5) is 0. The minimum atomic E-state index is -0.987. The van der Waals surface area contributed by atoms with Gasteiger partial charge in [0.05, 0.1) is 5.56 Å². The number of fused-ring (bicyclic) bond motifs is 1. The van der Waals surface area contributed by atoms with Gasteiger partial charge in [-0.25, -0.2) is 17.6 Å². The Morgan fingerprint density at radius 1 is 0.875 bits per heavy atom. The van der Waals surface area contributed by atoms with E-state index in [0.29, 0.717) is 30.4 Å². The van der Waals surface area contributed by atoms with E-state index in [1.54, 1.807) is 12.1 Å². The van der Waals surface area contributed by atoms with Crippen molar-refractivity contribution in [3.8, 4) is 11.8 Å². The fourth-order valence-electron chi connectivity index (χ4n) is 4.32. The minimum absolute atomic E-state index is 0.0150. The lowest BCUT2D eigenvalue weighted by Gasteiger charge is -2.26. The number of rotatable bonds is 4. The molecule has 1 aliphatic carbocycles. The predicted molar refractivity (Wildman–Crippen MR) is 119 cm³/mol. The summed E-state index contributed by atoms with van der Waals surface area (Å²) in [6.45, 7) is 2.11. The SMILES string of the molecule is CCCCc1ccc(C2CCc3c(ccc(C#Cc4ccc(F)c(F)c4)c3F)C2)c(F)c1. The lowest BCUT2D eigenvalue weighted by Crippen LogP contribution is -2.16. The smallest absolute Gasteiger partial charge is 0.160 e. The first-order valence-corrected chi connectivity index (χ1v) is 11.0. The van der Waals surface area contributed by atoms with E-state index in [-0.39, 0.29) is 28.7 Å². The molecule has 1 aliphatic rings. The quantitative estimate of drug-likeness (QED) is 0.298.